The molecule has 0 spiro atoms. The Labute approximate surface area is 73.8 Å². The van der Waals surface area contributed by atoms with Crippen molar-refractivity contribution in [2.75, 3.05) is 13.2 Å². The van der Waals surface area contributed by atoms with Gasteiger partial charge in [0, 0.05) is 6.61 Å². The Hall–Kier alpha value is -0.780. The summed E-state index contributed by atoms with van der Waals surface area (Å²) in [4.78, 5) is 10.6. The van der Waals surface area contributed by atoms with E-state index in [1.807, 2.05) is 0 Å². The summed E-state index contributed by atoms with van der Waals surface area (Å²) >= 11 is 0. The molecule has 0 N–H and O–H groups in total. The van der Waals surface area contributed by atoms with Crippen LogP contribution in [0.15, 0.2) is 0 Å². The quantitative estimate of drug-likeness (QED) is 0.645. The lowest BCUT2D eigenvalue weighted by Gasteiger charge is -2.15. The minimum atomic E-state index is -4.51. The van der Waals surface area contributed by atoms with E-state index in [-0.39, 0.29) is 6.61 Å². The Morgan fingerprint density at radius 3 is 2.38 bits per heavy atom. The second-order valence-electron chi connectivity index (χ2n) is 2.31. The molecule has 0 fully saturated rings. The first-order chi connectivity index (χ1) is 5.88. The summed E-state index contributed by atoms with van der Waals surface area (Å²) in [6.07, 6.45) is -6.59. The molecule has 13 heavy (non-hydrogen) atoms. The van der Waals surface area contributed by atoms with Crippen LogP contribution in [0.2, 0.25) is 0 Å². The molecule has 0 amide bonds. The van der Waals surface area contributed by atoms with Crippen molar-refractivity contribution in [2.45, 2.75) is 26.1 Å². The van der Waals surface area contributed by atoms with Crippen LogP contribution in [0.25, 0.3) is 0 Å². The van der Waals surface area contributed by atoms with Crippen LogP contribution >= 0.6 is 0 Å². The number of hydrogen-bond acceptors (Lipinski definition) is 3. The highest BCUT2D eigenvalue weighted by Crippen LogP contribution is 2.22. The molecule has 0 saturated heterocycles. The topological polar surface area (TPSA) is 35.5 Å². The van der Waals surface area contributed by atoms with Gasteiger partial charge in [0.1, 0.15) is 6.61 Å². The van der Waals surface area contributed by atoms with E-state index in [4.69, 9.17) is 0 Å². The van der Waals surface area contributed by atoms with E-state index in [0.29, 0.717) is 0 Å². The summed E-state index contributed by atoms with van der Waals surface area (Å²) in [6, 6.07) is 0. The first kappa shape index (κ1) is 12.2. The minimum absolute atomic E-state index is 0.259. The molecule has 78 valence electrons. The van der Waals surface area contributed by atoms with Crippen LogP contribution in [0.4, 0.5) is 13.2 Å². The van der Waals surface area contributed by atoms with E-state index >= 15 is 0 Å². The van der Waals surface area contributed by atoms with Crippen LogP contribution in [0.3, 0.4) is 0 Å². The molecule has 0 heterocycles. The molecule has 0 aliphatic carbocycles. The molecule has 6 heteroatoms. The summed E-state index contributed by atoms with van der Waals surface area (Å²) in [5.41, 5.74) is 0. The Morgan fingerprint density at radius 1 is 1.46 bits per heavy atom. The van der Waals surface area contributed by atoms with E-state index in [1.54, 1.807) is 6.92 Å². The van der Waals surface area contributed by atoms with Gasteiger partial charge in [0.25, 0.3) is 0 Å². The molecule has 1 atom stereocenters. The number of esters is 1. The molecule has 0 saturated carbocycles. The van der Waals surface area contributed by atoms with Crippen molar-refractivity contribution >= 4 is 5.97 Å². The largest absolute Gasteiger partial charge is 0.451 e. The zero-order valence-electron chi connectivity index (χ0n) is 7.35. The maximum absolute atomic E-state index is 11.8. The first-order valence-corrected chi connectivity index (χ1v) is 3.71. The van der Waals surface area contributed by atoms with Gasteiger partial charge in [-0.2, -0.15) is 13.2 Å². The molecule has 3 nitrogen and oxygen atoms in total. The number of rotatable bonds is 4. The number of halogens is 3. The van der Waals surface area contributed by atoms with Crippen LogP contribution in [-0.4, -0.2) is 31.5 Å². The SMILES string of the molecule is CCOCC(=O)OC(C)C(F)(F)F. The summed E-state index contributed by atoms with van der Waals surface area (Å²) in [5.74, 6) is -1.01. The molecule has 0 radical (unpaired) electrons. The van der Waals surface area contributed by atoms with Crippen molar-refractivity contribution in [2.24, 2.45) is 0 Å². The predicted molar refractivity (Wildman–Crippen MR) is 38.1 cm³/mol. The van der Waals surface area contributed by atoms with Crippen LogP contribution in [0.1, 0.15) is 13.8 Å². The van der Waals surface area contributed by atoms with Crippen LogP contribution in [0, 0.1) is 0 Å². The smallest absolute Gasteiger partial charge is 0.425 e. The lowest BCUT2D eigenvalue weighted by Crippen LogP contribution is -2.32. The van der Waals surface area contributed by atoms with Crippen molar-refractivity contribution in [1.82, 2.24) is 0 Å². The average molecular weight is 200 g/mol. The van der Waals surface area contributed by atoms with Crippen LogP contribution < -0.4 is 0 Å². The molecular weight excluding hydrogens is 189 g/mol. The fraction of sp³-hybridized carbons (Fsp3) is 0.857. The molecule has 0 bridgehead atoms. The van der Waals surface area contributed by atoms with Crippen LogP contribution in [0.5, 0.6) is 0 Å². The third-order valence-electron chi connectivity index (χ3n) is 1.19. The number of alkyl halides is 3. The van der Waals surface area contributed by atoms with Crippen molar-refractivity contribution in [1.29, 1.82) is 0 Å². The Bertz CT molecular complexity index is 167. The highest BCUT2D eigenvalue weighted by molar-refractivity contribution is 5.70. The van der Waals surface area contributed by atoms with Crippen molar-refractivity contribution in [3.8, 4) is 0 Å². The molecule has 0 aliphatic rings. The minimum Gasteiger partial charge on any atom is -0.451 e. The van der Waals surface area contributed by atoms with Gasteiger partial charge in [0.15, 0.2) is 6.10 Å². The van der Waals surface area contributed by atoms with Crippen molar-refractivity contribution in [3.05, 3.63) is 0 Å². The van der Waals surface area contributed by atoms with E-state index in [0.717, 1.165) is 6.92 Å². The van der Waals surface area contributed by atoms with Gasteiger partial charge in [-0.25, -0.2) is 4.79 Å². The van der Waals surface area contributed by atoms with Gasteiger partial charge in [-0.05, 0) is 13.8 Å². The van der Waals surface area contributed by atoms with E-state index in [2.05, 4.69) is 9.47 Å². The molecule has 1 unspecified atom stereocenters. The van der Waals surface area contributed by atoms with E-state index in [9.17, 15) is 18.0 Å². The lowest BCUT2D eigenvalue weighted by atomic mass is 10.4. The zero-order valence-corrected chi connectivity index (χ0v) is 7.35. The Balaban J connectivity index is 3.79. The second kappa shape index (κ2) is 5.06. The Kier molecular flexibility index (Phi) is 4.76. The third-order valence-corrected chi connectivity index (χ3v) is 1.19. The van der Waals surface area contributed by atoms with Gasteiger partial charge in [-0.3, -0.25) is 0 Å². The van der Waals surface area contributed by atoms with Gasteiger partial charge >= 0.3 is 12.1 Å². The van der Waals surface area contributed by atoms with Gasteiger partial charge in [0.05, 0.1) is 0 Å². The summed E-state index contributed by atoms with van der Waals surface area (Å²) in [6.45, 7) is 2.21. The van der Waals surface area contributed by atoms with E-state index < -0.39 is 24.9 Å². The maximum atomic E-state index is 11.8. The van der Waals surface area contributed by atoms with Crippen molar-refractivity contribution in [3.63, 3.8) is 0 Å². The van der Waals surface area contributed by atoms with Gasteiger partial charge in [-0.1, -0.05) is 0 Å². The Morgan fingerprint density at radius 2 is 2.00 bits per heavy atom. The molecule has 0 aromatic rings. The zero-order chi connectivity index (χ0) is 10.5. The number of carbonyl (C=O) groups is 1. The fourth-order valence-electron chi connectivity index (χ4n) is 0.483. The number of carbonyl (C=O) groups excluding carboxylic acids is 1. The van der Waals surface area contributed by atoms with Crippen molar-refractivity contribution < 1.29 is 27.4 Å². The summed E-state index contributed by atoms with van der Waals surface area (Å²) in [5, 5.41) is 0. The average Bonchev–Trinajstić information content (AvgIpc) is 1.99. The predicted octanol–water partition coefficient (Wildman–Crippen LogP) is 1.52. The highest BCUT2D eigenvalue weighted by atomic mass is 19.4. The van der Waals surface area contributed by atoms with E-state index in [1.165, 1.54) is 0 Å². The van der Waals surface area contributed by atoms with Gasteiger partial charge in [0.2, 0.25) is 0 Å². The normalized spacial score (nSPS) is 13.9. The molecule has 0 aromatic carbocycles. The number of ether oxygens (including phenoxy) is 2. The second-order valence-corrected chi connectivity index (χ2v) is 2.31. The molecule has 0 aromatic heterocycles. The summed E-state index contributed by atoms with van der Waals surface area (Å²) in [7, 11) is 0. The maximum Gasteiger partial charge on any atom is 0.425 e. The van der Waals surface area contributed by atoms with Gasteiger partial charge in [-0.15, -0.1) is 0 Å². The monoisotopic (exact) mass is 200 g/mol. The summed E-state index contributed by atoms with van der Waals surface area (Å²) < 4.78 is 44.0. The highest BCUT2D eigenvalue weighted by Gasteiger charge is 2.39. The fourth-order valence-corrected chi connectivity index (χ4v) is 0.483. The number of hydrogen-bond donors (Lipinski definition) is 0. The lowest BCUT2D eigenvalue weighted by molar-refractivity contribution is -0.218. The third kappa shape index (κ3) is 5.46. The van der Waals surface area contributed by atoms with Crippen LogP contribution in [-0.2, 0) is 14.3 Å². The molecular formula is C7H11F3O3. The molecule has 0 rings (SSSR count). The first-order valence-electron chi connectivity index (χ1n) is 3.71. The standard InChI is InChI=1S/C7H11F3O3/c1-3-12-4-6(11)13-5(2)7(8,9)10/h5H,3-4H2,1-2H3. The van der Waals surface area contributed by atoms with Gasteiger partial charge < -0.3 is 9.47 Å². The molecule has 0 aliphatic heterocycles.